The van der Waals surface area contributed by atoms with Crippen molar-refractivity contribution >= 4 is 35.0 Å². The van der Waals surface area contributed by atoms with Crippen LogP contribution in [0.5, 0.6) is 5.75 Å². The van der Waals surface area contributed by atoms with E-state index in [1.165, 1.54) is 18.0 Å². The number of methoxy groups -OCH3 is 1. The second-order valence-electron chi connectivity index (χ2n) is 8.18. The molecule has 0 aliphatic carbocycles. The molecular weight excluding hydrogens is 506 g/mol. The number of aliphatic hydroxyl groups is 1. The van der Waals surface area contributed by atoms with Gasteiger partial charge in [-0.1, -0.05) is 18.2 Å². The van der Waals surface area contributed by atoms with Crippen LogP contribution in [0, 0.1) is 0 Å². The monoisotopic (exact) mass is 531 g/mol. The molecule has 0 bridgehead atoms. The van der Waals surface area contributed by atoms with Gasteiger partial charge < -0.3 is 29.2 Å². The molecule has 38 heavy (non-hydrogen) atoms. The number of carbonyl (C=O) groups is 3. The number of nitrogens with one attached hydrogen (secondary N) is 2. The highest BCUT2D eigenvalue weighted by atomic mass is 16.6. The minimum absolute atomic E-state index is 0.0228. The first-order chi connectivity index (χ1) is 18.3. The highest BCUT2D eigenvalue weighted by Crippen LogP contribution is 2.35. The van der Waals surface area contributed by atoms with Gasteiger partial charge in [-0.05, 0) is 12.1 Å². The molecule has 202 valence electrons. The van der Waals surface area contributed by atoms with Crippen molar-refractivity contribution in [3.63, 3.8) is 0 Å². The first-order valence-corrected chi connectivity index (χ1v) is 11.5. The van der Waals surface area contributed by atoms with Crippen LogP contribution in [0.1, 0.15) is 19.1 Å². The molecule has 3 aromatic rings. The number of nitrogens with zero attached hydrogens (tertiary/aromatic N) is 3. The van der Waals surface area contributed by atoms with Gasteiger partial charge in [-0.15, -0.1) is 0 Å². The fourth-order valence-corrected chi connectivity index (χ4v) is 3.90. The van der Waals surface area contributed by atoms with Crippen LogP contribution in [0.25, 0.3) is 11.2 Å². The number of aromatic nitrogens is 4. The summed E-state index contributed by atoms with van der Waals surface area (Å²) in [6.45, 7) is -0.883. The van der Waals surface area contributed by atoms with Gasteiger partial charge in [0, 0.05) is 7.11 Å². The number of rotatable bonds is 11. The molecule has 4 rings (SSSR count). The molecule has 4 atom stereocenters. The summed E-state index contributed by atoms with van der Waals surface area (Å²) in [5, 5.41) is 21.1. The Kier molecular flexibility index (Phi) is 8.30. The Morgan fingerprint density at radius 1 is 1.18 bits per heavy atom. The number of para-hydroxylation sites is 1. The molecule has 15 nitrogen and oxygen atoms in total. The number of esters is 1. The maximum atomic E-state index is 12.6. The summed E-state index contributed by atoms with van der Waals surface area (Å²) in [4.78, 5) is 58.7. The Bertz CT molecular complexity index is 1360. The molecule has 1 aromatic carbocycles. The number of carbonyl (C=O) groups excluding carboxylic acids is 2. The van der Waals surface area contributed by atoms with Crippen molar-refractivity contribution in [2.24, 2.45) is 0 Å². The topological polar surface area (TPSA) is 204 Å². The molecule has 0 radical (unpaired) electrons. The van der Waals surface area contributed by atoms with E-state index in [1.54, 1.807) is 30.3 Å². The van der Waals surface area contributed by atoms with Gasteiger partial charge in [0.1, 0.15) is 18.0 Å². The van der Waals surface area contributed by atoms with Gasteiger partial charge >= 0.3 is 11.9 Å². The summed E-state index contributed by atoms with van der Waals surface area (Å²) in [6.07, 6.45) is -3.68. The summed E-state index contributed by atoms with van der Waals surface area (Å²) in [7, 11) is 1.33. The van der Waals surface area contributed by atoms with E-state index in [9.17, 15) is 24.3 Å². The van der Waals surface area contributed by atoms with Gasteiger partial charge in [0.25, 0.3) is 11.5 Å². The Labute approximate surface area is 214 Å². The molecule has 1 aliphatic heterocycles. The van der Waals surface area contributed by atoms with Crippen molar-refractivity contribution in [2.75, 3.05) is 25.6 Å². The van der Waals surface area contributed by atoms with Crippen molar-refractivity contribution in [3.8, 4) is 5.75 Å². The molecule has 1 fully saturated rings. The lowest BCUT2D eigenvalue weighted by molar-refractivity contribution is -0.159. The minimum Gasteiger partial charge on any atom is -0.484 e. The second-order valence-corrected chi connectivity index (χ2v) is 8.18. The third-order valence-corrected chi connectivity index (χ3v) is 5.63. The van der Waals surface area contributed by atoms with E-state index in [0.717, 1.165) is 0 Å². The molecule has 0 spiro atoms. The van der Waals surface area contributed by atoms with Crippen molar-refractivity contribution in [2.45, 2.75) is 37.4 Å². The number of carboxylic acids is 1. The van der Waals surface area contributed by atoms with Crippen LogP contribution in [-0.4, -0.2) is 86.2 Å². The summed E-state index contributed by atoms with van der Waals surface area (Å²) >= 11 is 0. The largest absolute Gasteiger partial charge is 0.484 e. The average Bonchev–Trinajstić information content (AvgIpc) is 3.47. The van der Waals surface area contributed by atoms with E-state index in [4.69, 9.17) is 24.1 Å². The highest BCUT2D eigenvalue weighted by molar-refractivity contribution is 5.90. The number of amides is 1. The molecule has 15 heteroatoms. The number of imidazole rings is 1. The summed E-state index contributed by atoms with van der Waals surface area (Å²) < 4.78 is 23.4. The third kappa shape index (κ3) is 5.96. The molecule has 1 amide bonds. The van der Waals surface area contributed by atoms with Crippen molar-refractivity contribution in [1.29, 1.82) is 0 Å². The highest BCUT2D eigenvalue weighted by Gasteiger charge is 2.48. The quantitative estimate of drug-likeness (QED) is 0.238. The normalized spacial score (nSPS) is 20.8. The fourth-order valence-electron chi connectivity index (χ4n) is 3.90. The number of aliphatic carboxylic acids is 1. The maximum Gasteiger partial charge on any atom is 0.306 e. The predicted molar refractivity (Wildman–Crippen MR) is 127 cm³/mol. The number of fused-ring (bicyclic) bond motifs is 1. The summed E-state index contributed by atoms with van der Waals surface area (Å²) in [6, 6.07) is 8.67. The van der Waals surface area contributed by atoms with E-state index in [0.29, 0.717) is 5.75 Å². The Morgan fingerprint density at radius 3 is 2.63 bits per heavy atom. The third-order valence-electron chi connectivity index (χ3n) is 5.63. The van der Waals surface area contributed by atoms with Gasteiger partial charge in [0.05, 0.1) is 25.8 Å². The standard InChI is InChI=1S/C23H25N5O10/c1-35-19-18(38-16(33)8-7-15(31)32)13(9-29)37-22(19)28-11-24-17-20(28)26-23(27-21(17)34)25-14(30)10-36-12-5-3-2-4-6-12/h2-6,11,13,18-19,22,29H,7-10H2,1H3,(H,31,32)(H2,25,26,27,30,34)/t13-,18?,19+,22-/m1/s1. The number of aromatic amines is 1. The molecule has 4 N–H and O–H groups in total. The van der Waals surface area contributed by atoms with Gasteiger partial charge in [-0.2, -0.15) is 4.98 Å². The van der Waals surface area contributed by atoms with E-state index < -0.39 is 61.0 Å². The van der Waals surface area contributed by atoms with E-state index in [-0.39, 0.29) is 30.1 Å². The van der Waals surface area contributed by atoms with E-state index in [2.05, 4.69) is 20.3 Å². The van der Waals surface area contributed by atoms with Gasteiger partial charge in [0.15, 0.2) is 30.1 Å². The number of hydrogen-bond acceptors (Lipinski definition) is 11. The summed E-state index contributed by atoms with van der Waals surface area (Å²) in [5.74, 6) is -2.25. The number of aliphatic hydroxyl groups excluding tert-OH is 1. The van der Waals surface area contributed by atoms with Crippen LogP contribution in [-0.2, 0) is 28.6 Å². The SMILES string of the molecule is CO[C@H]1C(OC(=O)CCC(=O)O)[C@@H](CO)O[C@H]1n1cnc2c(=O)[nH]c(NC(=O)COc3ccccc3)nc21. The molecular formula is C23H25N5O10. The van der Waals surface area contributed by atoms with Crippen molar-refractivity contribution < 1.29 is 43.5 Å². The van der Waals surface area contributed by atoms with Crippen molar-refractivity contribution in [1.82, 2.24) is 19.5 Å². The second kappa shape index (κ2) is 11.8. The average molecular weight is 531 g/mol. The zero-order chi connectivity index (χ0) is 27.2. The lowest BCUT2D eigenvalue weighted by atomic mass is 10.1. The Hall–Kier alpha value is -4.34. The van der Waals surface area contributed by atoms with Crippen LogP contribution in [0.3, 0.4) is 0 Å². The van der Waals surface area contributed by atoms with Crippen molar-refractivity contribution in [3.05, 3.63) is 47.0 Å². The van der Waals surface area contributed by atoms with Gasteiger partial charge in [-0.3, -0.25) is 34.0 Å². The van der Waals surface area contributed by atoms with Crippen LogP contribution in [0.15, 0.2) is 41.5 Å². The zero-order valence-electron chi connectivity index (χ0n) is 20.1. The number of H-pyrrole nitrogens is 1. The van der Waals surface area contributed by atoms with Gasteiger partial charge in [-0.25, -0.2) is 4.98 Å². The molecule has 1 aliphatic rings. The van der Waals surface area contributed by atoms with Crippen LogP contribution >= 0.6 is 0 Å². The van der Waals surface area contributed by atoms with Crippen LogP contribution in [0.2, 0.25) is 0 Å². The molecule has 2 aromatic heterocycles. The number of ether oxygens (including phenoxy) is 4. The van der Waals surface area contributed by atoms with E-state index >= 15 is 0 Å². The lowest BCUT2D eigenvalue weighted by Crippen LogP contribution is -2.39. The number of benzene rings is 1. The van der Waals surface area contributed by atoms with E-state index in [1.807, 2.05) is 0 Å². The predicted octanol–water partition coefficient (Wildman–Crippen LogP) is -0.182. The molecule has 0 saturated carbocycles. The maximum absolute atomic E-state index is 12.6. The smallest absolute Gasteiger partial charge is 0.306 e. The van der Waals surface area contributed by atoms with Crippen LogP contribution < -0.4 is 15.6 Å². The van der Waals surface area contributed by atoms with Gasteiger partial charge in [0.2, 0.25) is 5.95 Å². The molecule has 1 saturated heterocycles. The number of carboxylic acid groups (broad SMARTS) is 1. The Balaban J connectivity index is 1.54. The number of anilines is 1. The summed E-state index contributed by atoms with van der Waals surface area (Å²) in [5.41, 5.74) is -0.686. The minimum atomic E-state index is -1.17. The first-order valence-electron chi connectivity index (χ1n) is 11.5. The lowest BCUT2D eigenvalue weighted by Gasteiger charge is -2.23. The molecule has 1 unspecified atom stereocenters. The fraction of sp³-hybridized carbons (Fsp3) is 0.391. The van der Waals surface area contributed by atoms with Crippen LogP contribution in [0.4, 0.5) is 5.95 Å². The zero-order valence-corrected chi connectivity index (χ0v) is 20.1. The number of hydrogen-bond donors (Lipinski definition) is 4. The molecule has 3 heterocycles. The Morgan fingerprint density at radius 2 is 1.95 bits per heavy atom. The first kappa shape index (κ1) is 26.7.